The molecule has 3 N–H and O–H groups in total. The van der Waals surface area contributed by atoms with Gasteiger partial charge in [-0.1, -0.05) is 18.2 Å². The Morgan fingerprint density at radius 3 is 2.48 bits per heavy atom. The monoisotopic (exact) mass is 367 g/mol. The first-order valence-corrected chi connectivity index (χ1v) is 9.21. The average Bonchev–Trinajstić information content (AvgIpc) is 2.70. The maximum Gasteiger partial charge on any atom is 0.255 e. The van der Waals surface area contributed by atoms with Gasteiger partial charge >= 0.3 is 0 Å². The van der Waals surface area contributed by atoms with E-state index in [0.717, 1.165) is 32.5 Å². The molecule has 1 saturated heterocycles. The van der Waals surface area contributed by atoms with Crippen molar-refractivity contribution in [3.8, 4) is 0 Å². The molecule has 1 aliphatic heterocycles. The largest absolute Gasteiger partial charge is 0.396 e. The number of benzene rings is 2. The minimum absolute atomic E-state index is 0.187. The summed E-state index contributed by atoms with van der Waals surface area (Å²) >= 11 is 0. The van der Waals surface area contributed by atoms with E-state index in [1.54, 1.807) is 24.3 Å². The summed E-state index contributed by atoms with van der Waals surface area (Å²) < 4.78 is 0. The zero-order valence-electron chi connectivity index (χ0n) is 15.2. The summed E-state index contributed by atoms with van der Waals surface area (Å²) in [6.07, 6.45) is 2.68. The molecular weight excluding hydrogens is 342 g/mol. The Morgan fingerprint density at radius 1 is 1.11 bits per heavy atom. The van der Waals surface area contributed by atoms with Crippen LogP contribution in [-0.4, -0.2) is 42.0 Å². The molecule has 142 valence electrons. The highest BCUT2D eigenvalue weighted by Crippen LogP contribution is 2.19. The Kier molecular flexibility index (Phi) is 6.57. The van der Waals surface area contributed by atoms with E-state index in [9.17, 15) is 14.7 Å². The molecule has 0 bridgehead atoms. The number of piperidine rings is 1. The molecule has 0 radical (unpaired) electrons. The predicted molar refractivity (Wildman–Crippen MR) is 106 cm³/mol. The quantitative estimate of drug-likeness (QED) is 0.657. The molecule has 6 heteroatoms. The summed E-state index contributed by atoms with van der Waals surface area (Å²) in [6.45, 7) is 3.14. The lowest BCUT2D eigenvalue weighted by molar-refractivity contribution is -0.105. The lowest BCUT2D eigenvalue weighted by Crippen LogP contribution is -2.34. The molecule has 2 amide bonds. The van der Waals surface area contributed by atoms with Crippen LogP contribution in [0.5, 0.6) is 0 Å². The summed E-state index contributed by atoms with van der Waals surface area (Å²) in [6, 6.07) is 14.6. The Morgan fingerprint density at radius 2 is 1.81 bits per heavy atom. The SMILES string of the molecule is O=CNc1cccc(NC(=O)c2ccc(CN3CCC(CO)CC3)cc2)c1. The first-order chi connectivity index (χ1) is 13.2. The summed E-state index contributed by atoms with van der Waals surface area (Å²) in [7, 11) is 0. The van der Waals surface area contributed by atoms with Crippen LogP contribution in [0.2, 0.25) is 0 Å². The zero-order valence-corrected chi connectivity index (χ0v) is 15.2. The molecule has 27 heavy (non-hydrogen) atoms. The number of aliphatic hydroxyl groups is 1. The van der Waals surface area contributed by atoms with Gasteiger partial charge in [0.15, 0.2) is 0 Å². The molecule has 1 aliphatic rings. The third kappa shape index (κ3) is 5.39. The molecule has 0 spiro atoms. The molecule has 2 aromatic carbocycles. The fourth-order valence-electron chi connectivity index (χ4n) is 3.30. The fourth-order valence-corrected chi connectivity index (χ4v) is 3.30. The lowest BCUT2D eigenvalue weighted by Gasteiger charge is -2.31. The topological polar surface area (TPSA) is 81.7 Å². The molecule has 2 aromatic rings. The van der Waals surface area contributed by atoms with Crippen LogP contribution < -0.4 is 10.6 Å². The number of nitrogens with one attached hydrogen (secondary N) is 2. The van der Waals surface area contributed by atoms with E-state index in [1.807, 2.05) is 24.3 Å². The first-order valence-electron chi connectivity index (χ1n) is 9.21. The van der Waals surface area contributed by atoms with Gasteiger partial charge in [-0.2, -0.15) is 0 Å². The highest BCUT2D eigenvalue weighted by Gasteiger charge is 2.18. The predicted octanol–water partition coefficient (Wildman–Crippen LogP) is 2.71. The molecule has 6 nitrogen and oxygen atoms in total. The smallest absolute Gasteiger partial charge is 0.255 e. The number of carbonyl (C=O) groups is 2. The maximum atomic E-state index is 12.4. The van der Waals surface area contributed by atoms with Gasteiger partial charge in [0.05, 0.1) is 0 Å². The van der Waals surface area contributed by atoms with Crippen molar-refractivity contribution in [3.63, 3.8) is 0 Å². The van der Waals surface area contributed by atoms with Crippen molar-refractivity contribution in [2.24, 2.45) is 5.92 Å². The third-order valence-electron chi connectivity index (χ3n) is 4.93. The van der Waals surface area contributed by atoms with Crippen molar-refractivity contribution in [3.05, 3.63) is 59.7 Å². The van der Waals surface area contributed by atoms with E-state index in [-0.39, 0.29) is 12.5 Å². The zero-order chi connectivity index (χ0) is 19.1. The maximum absolute atomic E-state index is 12.4. The van der Waals surface area contributed by atoms with Crippen molar-refractivity contribution >= 4 is 23.7 Å². The first kappa shape index (κ1) is 19.1. The van der Waals surface area contributed by atoms with E-state index in [0.29, 0.717) is 29.3 Å². The van der Waals surface area contributed by atoms with Crippen LogP contribution >= 0.6 is 0 Å². The van der Waals surface area contributed by atoms with E-state index in [2.05, 4.69) is 15.5 Å². The Hall–Kier alpha value is -2.70. The Balaban J connectivity index is 1.56. The fraction of sp³-hybridized carbons (Fsp3) is 0.333. The van der Waals surface area contributed by atoms with E-state index >= 15 is 0 Å². The van der Waals surface area contributed by atoms with Crippen LogP contribution in [-0.2, 0) is 11.3 Å². The van der Waals surface area contributed by atoms with Gasteiger partial charge in [-0.05, 0) is 67.7 Å². The normalized spacial score (nSPS) is 15.3. The van der Waals surface area contributed by atoms with E-state index in [4.69, 9.17) is 0 Å². The number of likely N-dealkylation sites (tertiary alicyclic amines) is 1. The number of hydrogen-bond donors (Lipinski definition) is 3. The number of nitrogens with zero attached hydrogens (tertiary/aromatic N) is 1. The van der Waals surface area contributed by atoms with Crippen LogP contribution in [0.25, 0.3) is 0 Å². The molecule has 1 heterocycles. The summed E-state index contributed by atoms with van der Waals surface area (Å²) in [5.74, 6) is 0.251. The summed E-state index contributed by atoms with van der Waals surface area (Å²) in [5, 5.41) is 14.6. The number of aliphatic hydroxyl groups excluding tert-OH is 1. The highest BCUT2D eigenvalue weighted by atomic mass is 16.3. The van der Waals surface area contributed by atoms with Crippen LogP contribution in [0.1, 0.15) is 28.8 Å². The van der Waals surface area contributed by atoms with Gasteiger partial charge in [0.25, 0.3) is 5.91 Å². The number of anilines is 2. The number of amides is 2. The van der Waals surface area contributed by atoms with Gasteiger partial charge in [-0.15, -0.1) is 0 Å². The average molecular weight is 367 g/mol. The van der Waals surface area contributed by atoms with Crippen molar-refractivity contribution < 1.29 is 14.7 Å². The van der Waals surface area contributed by atoms with Gasteiger partial charge in [0, 0.05) is 30.1 Å². The van der Waals surface area contributed by atoms with Gasteiger partial charge in [0.1, 0.15) is 0 Å². The molecule has 0 unspecified atom stereocenters. The van der Waals surface area contributed by atoms with Crippen LogP contribution in [0.15, 0.2) is 48.5 Å². The van der Waals surface area contributed by atoms with E-state index in [1.165, 1.54) is 5.56 Å². The summed E-state index contributed by atoms with van der Waals surface area (Å²) in [5.41, 5.74) is 3.02. The minimum atomic E-state index is -0.187. The summed E-state index contributed by atoms with van der Waals surface area (Å²) in [4.78, 5) is 25.3. The van der Waals surface area contributed by atoms with Crippen LogP contribution in [0.3, 0.4) is 0 Å². The Labute approximate surface area is 159 Å². The molecular formula is C21H25N3O3. The van der Waals surface area contributed by atoms with Crippen LogP contribution in [0.4, 0.5) is 11.4 Å². The van der Waals surface area contributed by atoms with Crippen molar-refractivity contribution in [1.29, 1.82) is 0 Å². The van der Waals surface area contributed by atoms with Gasteiger partial charge in [0.2, 0.25) is 6.41 Å². The highest BCUT2D eigenvalue weighted by molar-refractivity contribution is 6.04. The van der Waals surface area contributed by atoms with Gasteiger partial charge < -0.3 is 15.7 Å². The van der Waals surface area contributed by atoms with Crippen molar-refractivity contribution in [2.75, 3.05) is 30.3 Å². The van der Waals surface area contributed by atoms with Gasteiger partial charge in [-0.3, -0.25) is 14.5 Å². The molecule has 3 rings (SSSR count). The van der Waals surface area contributed by atoms with Crippen molar-refractivity contribution in [2.45, 2.75) is 19.4 Å². The standard InChI is InChI=1S/C21H25N3O3/c25-14-17-8-10-24(11-9-17)13-16-4-6-18(7-5-16)21(27)23-20-3-1-2-19(12-20)22-15-26/h1-7,12,15,17,25H,8-11,13-14H2,(H,22,26)(H,23,27). The number of hydrogen-bond acceptors (Lipinski definition) is 4. The second-order valence-electron chi connectivity index (χ2n) is 6.90. The molecule has 0 aromatic heterocycles. The van der Waals surface area contributed by atoms with Crippen molar-refractivity contribution in [1.82, 2.24) is 4.90 Å². The lowest BCUT2D eigenvalue weighted by atomic mass is 9.97. The number of rotatable bonds is 7. The molecule has 0 saturated carbocycles. The minimum Gasteiger partial charge on any atom is -0.396 e. The second kappa shape index (κ2) is 9.30. The second-order valence-corrected chi connectivity index (χ2v) is 6.90. The molecule has 0 aliphatic carbocycles. The molecule has 0 atom stereocenters. The van der Waals surface area contributed by atoms with Crippen LogP contribution in [0, 0.1) is 5.92 Å². The number of carbonyl (C=O) groups excluding carboxylic acids is 2. The van der Waals surface area contributed by atoms with Gasteiger partial charge in [-0.25, -0.2) is 0 Å². The van der Waals surface area contributed by atoms with E-state index < -0.39 is 0 Å². The molecule has 1 fully saturated rings. The third-order valence-corrected chi connectivity index (χ3v) is 4.93. The Bertz CT molecular complexity index is 768.